The maximum Gasteiger partial charge on any atom is 0.0798 e. The molecule has 1 N–H and O–H groups in total. The summed E-state index contributed by atoms with van der Waals surface area (Å²) < 4.78 is 0. The third-order valence-electron chi connectivity index (χ3n) is 2.71. The summed E-state index contributed by atoms with van der Waals surface area (Å²) in [5, 5.41) is 3.01. The zero-order valence-corrected chi connectivity index (χ0v) is 11.0. The van der Waals surface area contributed by atoms with Crippen LogP contribution in [0.3, 0.4) is 0 Å². The van der Waals surface area contributed by atoms with Crippen LogP contribution in [0.4, 0.5) is 0 Å². The largest absolute Gasteiger partial charge is 0.387 e. The second kappa shape index (κ2) is 6.04. The third-order valence-corrected chi connectivity index (χ3v) is 2.71. The topological polar surface area (TPSA) is 24.4 Å². The van der Waals surface area contributed by atoms with E-state index < -0.39 is 0 Å². The Bertz CT molecular complexity index is 450. The van der Waals surface area contributed by atoms with E-state index in [1.54, 1.807) is 7.05 Å². The quantitative estimate of drug-likeness (QED) is 0.786. The zero-order chi connectivity index (χ0) is 12.8. The van der Waals surface area contributed by atoms with Crippen molar-refractivity contribution in [3.05, 3.63) is 53.7 Å². The summed E-state index contributed by atoms with van der Waals surface area (Å²) >= 11 is 0. The summed E-state index contributed by atoms with van der Waals surface area (Å²) in [7, 11) is 3.62. The van der Waals surface area contributed by atoms with Crippen molar-refractivity contribution in [2.75, 3.05) is 14.1 Å². The highest BCUT2D eigenvalue weighted by Gasteiger charge is 2.01. The van der Waals surface area contributed by atoms with Crippen LogP contribution in [0.2, 0.25) is 0 Å². The van der Waals surface area contributed by atoms with Gasteiger partial charge in [0.25, 0.3) is 0 Å². The highest BCUT2D eigenvalue weighted by Crippen LogP contribution is 2.15. The van der Waals surface area contributed by atoms with E-state index in [1.165, 1.54) is 16.7 Å². The number of allylic oxidation sites excluding steroid dienone is 2. The second-order valence-corrected chi connectivity index (χ2v) is 4.03. The van der Waals surface area contributed by atoms with Crippen LogP contribution in [-0.2, 0) is 0 Å². The normalized spacial score (nSPS) is 12.5. The van der Waals surface area contributed by atoms with Crippen LogP contribution >= 0.6 is 0 Å². The molecule has 1 aromatic rings. The standard InChI is InChI=1S/C15H20N2/c1-11-6-8-14(9-7-11)12(2)10-15(17-5)13(3)16-4/h6-10,16H,3H2,1-2,4-5H3/b12-10+,17-15+. The smallest absolute Gasteiger partial charge is 0.0798 e. The van der Waals surface area contributed by atoms with Gasteiger partial charge in [0.15, 0.2) is 0 Å². The van der Waals surface area contributed by atoms with Crippen LogP contribution < -0.4 is 5.32 Å². The molecule has 0 bridgehead atoms. The van der Waals surface area contributed by atoms with Crippen LogP contribution in [0, 0.1) is 6.92 Å². The minimum atomic E-state index is 0.832. The summed E-state index contributed by atoms with van der Waals surface area (Å²) in [6.07, 6.45) is 2.05. The van der Waals surface area contributed by atoms with E-state index in [1.807, 2.05) is 13.1 Å². The Kier molecular flexibility index (Phi) is 4.70. The molecule has 1 rings (SSSR count). The van der Waals surface area contributed by atoms with Crippen LogP contribution in [0.25, 0.3) is 5.57 Å². The van der Waals surface area contributed by atoms with Crippen LogP contribution in [0.5, 0.6) is 0 Å². The Morgan fingerprint density at radius 1 is 1.29 bits per heavy atom. The predicted molar refractivity (Wildman–Crippen MR) is 76.4 cm³/mol. The molecule has 2 heteroatoms. The van der Waals surface area contributed by atoms with E-state index in [4.69, 9.17) is 0 Å². The molecule has 0 fully saturated rings. The molecule has 0 saturated carbocycles. The Balaban J connectivity index is 2.99. The minimum Gasteiger partial charge on any atom is -0.387 e. The van der Waals surface area contributed by atoms with Crippen LogP contribution in [0.15, 0.2) is 47.6 Å². The summed E-state index contributed by atoms with van der Waals surface area (Å²) in [6, 6.07) is 8.47. The van der Waals surface area contributed by atoms with Gasteiger partial charge in [-0.15, -0.1) is 0 Å². The minimum absolute atomic E-state index is 0.832. The van der Waals surface area contributed by atoms with E-state index in [0.717, 1.165) is 11.4 Å². The van der Waals surface area contributed by atoms with Crippen LogP contribution in [-0.4, -0.2) is 19.8 Å². The molecule has 90 valence electrons. The SMILES string of the molecule is C=C(NC)C(/C=C(\C)c1ccc(C)cc1)=N/C. The summed E-state index contributed by atoms with van der Waals surface area (Å²) in [6.45, 7) is 8.09. The fourth-order valence-electron chi connectivity index (χ4n) is 1.52. The molecule has 0 heterocycles. The fourth-order valence-corrected chi connectivity index (χ4v) is 1.52. The van der Waals surface area contributed by atoms with Crippen molar-refractivity contribution in [3.63, 3.8) is 0 Å². The summed E-state index contributed by atoms with van der Waals surface area (Å²) in [5.74, 6) is 0. The number of aliphatic imine (C=N–C) groups is 1. The number of hydrogen-bond donors (Lipinski definition) is 1. The fraction of sp³-hybridized carbons (Fsp3) is 0.267. The van der Waals surface area contributed by atoms with Gasteiger partial charge >= 0.3 is 0 Å². The van der Waals surface area contributed by atoms with Crippen molar-refractivity contribution in [1.29, 1.82) is 0 Å². The van der Waals surface area contributed by atoms with Crippen molar-refractivity contribution < 1.29 is 0 Å². The Morgan fingerprint density at radius 3 is 2.35 bits per heavy atom. The first-order valence-electron chi connectivity index (χ1n) is 5.67. The van der Waals surface area contributed by atoms with Gasteiger partial charge in [-0.1, -0.05) is 36.4 Å². The van der Waals surface area contributed by atoms with Gasteiger partial charge < -0.3 is 5.32 Å². The molecule has 1 aromatic carbocycles. The highest BCUT2D eigenvalue weighted by atomic mass is 14.9. The Morgan fingerprint density at radius 2 is 1.88 bits per heavy atom. The lowest BCUT2D eigenvalue weighted by atomic mass is 10.0. The van der Waals surface area contributed by atoms with Crippen molar-refractivity contribution in [3.8, 4) is 0 Å². The average molecular weight is 228 g/mol. The van der Waals surface area contributed by atoms with Crippen LogP contribution in [0.1, 0.15) is 18.1 Å². The van der Waals surface area contributed by atoms with E-state index in [9.17, 15) is 0 Å². The molecule has 0 aromatic heterocycles. The van der Waals surface area contributed by atoms with Gasteiger partial charge in [-0.3, -0.25) is 4.99 Å². The molecule has 0 spiro atoms. The molecular formula is C15H20N2. The maximum atomic E-state index is 4.22. The molecular weight excluding hydrogens is 208 g/mol. The highest BCUT2D eigenvalue weighted by molar-refractivity contribution is 6.11. The summed E-state index contributed by atoms with van der Waals surface area (Å²) in [4.78, 5) is 4.22. The lowest BCUT2D eigenvalue weighted by molar-refractivity contribution is 1.06. The van der Waals surface area contributed by atoms with Crippen molar-refractivity contribution in [1.82, 2.24) is 5.32 Å². The average Bonchev–Trinajstić information content (AvgIpc) is 2.35. The van der Waals surface area contributed by atoms with E-state index in [0.29, 0.717) is 0 Å². The van der Waals surface area contributed by atoms with Gasteiger partial charge in [-0.25, -0.2) is 0 Å². The molecule has 0 aliphatic carbocycles. The second-order valence-electron chi connectivity index (χ2n) is 4.03. The number of hydrogen-bond acceptors (Lipinski definition) is 2. The van der Waals surface area contributed by atoms with Crippen molar-refractivity contribution >= 4 is 11.3 Å². The van der Waals surface area contributed by atoms with Gasteiger partial charge in [0, 0.05) is 14.1 Å². The molecule has 2 nitrogen and oxygen atoms in total. The first-order chi connectivity index (χ1) is 8.08. The Hall–Kier alpha value is -1.83. The third kappa shape index (κ3) is 3.59. The zero-order valence-electron chi connectivity index (χ0n) is 11.0. The van der Waals surface area contributed by atoms with E-state index in [2.05, 4.69) is 55.0 Å². The molecule has 17 heavy (non-hydrogen) atoms. The lowest BCUT2D eigenvalue weighted by Gasteiger charge is -2.07. The molecule has 0 aliphatic rings. The molecule has 0 aliphatic heterocycles. The molecule has 0 saturated heterocycles. The number of nitrogens with zero attached hydrogens (tertiary/aromatic N) is 1. The van der Waals surface area contributed by atoms with Gasteiger partial charge in [-0.05, 0) is 31.1 Å². The van der Waals surface area contributed by atoms with Gasteiger partial charge in [-0.2, -0.15) is 0 Å². The number of benzene rings is 1. The van der Waals surface area contributed by atoms with E-state index in [-0.39, 0.29) is 0 Å². The number of rotatable bonds is 4. The monoisotopic (exact) mass is 228 g/mol. The van der Waals surface area contributed by atoms with Gasteiger partial charge in [0.2, 0.25) is 0 Å². The molecule has 0 unspecified atom stereocenters. The van der Waals surface area contributed by atoms with Gasteiger partial charge in [0.05, 0.1) is 11.4 Å². The molecule has 0 radical (unpaired) electrons. The van der Waals surface area contributed by atoms with Crippen molar-refractivity contribution in [2.45, 2.75) is 13.8 Å². The summed E-state index contributed by atoms with van der Waals surface area (Å²) in [5.41, 5.74) is 5.37. The number of aryl methyl sites for hydroxylation is 1. The predicted octanol–water partition coefficient (Wildman–Crippen LogP) is 3.20. The molecule has 0 atom stereocenters. The Labute approximate surface area is 104 Å². The van der Waals surface area contributed by atoms with E-state index >= 15 is 0 Å². The van der Waals surface area contributed by atoms with Gasteiger partial charge in [0.1, 0.15) is 0 Å². The first kappa shape index (κ1) is 13.2. The maximum absolute atomic E-state index is 4.22. The molecule has 0 amide bonds. The lowest BCUT2D eigenvalue weighted by Crippen LogP contribution is -2.13. The number of nitrogens with one attached hydrogen (secondary N) is 1. The first-order valence-corrected chi connectivity index (χ1v) is 5.67. The van der Waals surface area contributed by atoms with Crippen molar-refractivity contribution in [2.24, 2.45) is 4.99 Å².